The molecule has 0 amide bonds. The summed E-state index contributed by atoms with van der Waals surface area (Å²) >= 11 is 0. The Morgan fingerprint density at radius 2 is 1.82 bits per heavy atom. The van der Waals surface area contributed by atoms with E-state index in [9.17, 15) is 12.8 Å². The van der Waals surface area contributed by atoms with E-state index in [4.69, 9.17) is 0 Å². The number of hydrogen-bond acceptors (Lipinski definition) is 3. The molecule has 0 aliphatic carbocycles. The van der Waals surface area contributed by atoms with Crippen molar-refractivity contribution in [2.24, 2.45) is 4.99 Å². The van der Waals surface area contributed by atoms with Gasteiger partial charge in [0.25, 0.3) is 0 Å². The van der Waals surface area contributed by atoms with Gasteiger partial charge in [-0.05, 0) is 55.8 Å². The third-order valence-electron chi connectivity index (χ3n) is 4.24. The second-order valence-corrected chi connectivity index (χ2v) is 8.04. The van der Waals surface area contributed by atoms with Crippen LogP contribution in [0.15, 0.2) is 52.4 Å². The molecule has 0 aliphatic rings. The molecular formula is C19H26FIN4O2S. The first-order valence-electron chi connectivity index (χ1n) is 8.52. The first-order chi connectivity index (χ1) is 12.8. The summed E-state index contributed by atoms with van der Waals surface area (Å²) in [6, 6.07) is 11.6. The molecule has 1 atom stereocenters. The van der Waals surface area contributed by atoms with Gasteiger partial charge in [-0.3, -0.25) is 4.99 Å². The Bertz CT molecular complexity index is 918. The minimum absolute atomic E-state index is 0. The van der Waals surface area contributed by atoms with Crippen LogP contribution in [0.2, 0.25) is 0 Å². The Hall–Kier alpha value is -1.72. The molecule has 0 radical (unpaired) electrons. The third kappa shape index (κ3) is 6.42. The third-order valence-corrected chi connectivity index (χ3v) is 5.67. The average molecular weight is 520 g/mol. The number of halogens is 2. The van der Waals surface area contributed by atoms with Crippen LogP contribution >= 0.6 is 24.0 Å². The van der Waals surface area contributed by atoms with Crippen LogP contribution in [0.4, 0.5) is 4.39 Å². The van der Waals surface area contributed by atoms with Crippen LogP contribution in [0.1, 0.15) is 29.7 Å². The summed E-state index contributed by atoms with van der Waals surface area (Å²) in [4.78, 5) is 4.39. The van der Waals surface area contributed by atoms with Gasteiger partial charge in [0.05, 0.1) is 10.9 Å². The number of nitrogens with one attached hydrogen (secondary N) is 3. The smallest absolute Gasteiger partial charge is 0.240 e. The highest BCUT2D eigenvalue weighted by Crippen LogP contribution is 2.16. The molecule has 0 saturated heterocycles. The summed E-state index contributed by atoms with van der Waals surface area (Å²) in [5.41, 5.74) is 2.34. The van der Waals surface area contributed by atoms with Gasteiger partial charge in [-0.1, -0.05) is 24.3 Å². The van der Waals surface area contributed by atoms with Crippen molar-refractivity contribution < 1.29 is 12.8 Å². The normalized spacial score (nSPS) is 12.8. The predicted octanol–water partition coefficient (Wildman–Crippen LogP) is 3.09. The zero-order valence-electron chi connectivity index (χ0n) is 16.3. The van der Waals surface area contributed by atoms with Crippen LogP contribution in [0.3, 0.4) is 0 Å². The molecule has 2 aromatic rings. The van der Waals surface area contributed by atoms with Gasteiger partial charge >= 0.3 is 0 Å². The van der Waals surface area contributed by atoms with Crippen molar-refractivity contribution in [2.45, 2.75) is 31.3 Å². The molecule has 0 aliphatic heterocycles. The Labute approximate surface area is 183 Å². The molecule has 0 saturated carbocycles. The topological polar surface area (TPSA) is 82.6 Å². The number of rotatable bonds is 6. The summed E-state index contributed by atoms with van der Waals surface area (Å²) in [6.45, 7) is 4.12. The van der Waals surface area contributed by atoms with E-state index in [0.717, 1.165) is 11.1 Å². The first-order valence-corrected chi connectivity index (χ1v) is 10.0. The quantitative estimate of drug-likeness (QED) is 0.311. The zero-order chi connectivity index (χ0) is 20.0. The molecule has 2 rings (SSSR count). The number of guanidine groups is 1. The highest BCUT2D eigenvalue weighted by atomic mass is 127. The largest absolute Gasteiger partial charge is 0.352 e. The van der Waals surface area contributed by atoms with Crippen molar-refractivity contribution in [3.63, 3.8) is 0 Å². The highest BCUT2D eigenvalue weighted by molar-refractivity contribution is 14.0. The van der Waals surface area contributed by atoms with Crippen LogP contribution in [-0.2, 0) is 16.6 Å². The van der Waals surface area contributed by atoms with E-state index in [1.165, 1.54) is 13.1 Å². The van der Waals surface area contributed by atoms with E-state index in [1.807, 2.05) is 13.0 Å². The van der Waals surface area contributed by atoms with E-state index < -0.39 is 10.0 Å². The number of aliphatic imine (C=N–C) groups is 1. The maximum Gasteiger partial charge on any atom is 0.240 e. The maximum absolute atomic E-state index is 13.7. The number of benzene rings is 2. The molecule has 3 N–H and O–H groups in total. The van der Waals surface area contributed by atoms with Gasteiger partial charge in [0.2, 0.25) is 10.0 Å². The van der Waals surface area contributed by atoms with E-state index in [-0.39, 0.29) is 40.7 Å². The molecular weight excluding hydrogens is 494 g/mol. The summed E-state index contributed by atoms with van der Waals surface area (Å²) in [5.74, 6) is 0.330. The Morgan fingerprint density at radius 1 is 1.18 bits per heavy atom. The lowest BCUT2D eigenvalue weighted by atomic mass is 10.1. The molecule has 0 spiro atoms. The van der Waals surface area contributed by atoms with E-state index >= 15 is 0 Å². The monoisotopic (exact) mass is 520 g/mol. The average Bonchev–Trinajstić information content (AvgIpc) is 2.67. The lowest BCUT2D eigenvalue weighted by Gasteiger charge is -2.19. The molecule has 0 fully saturated rings. The highest BCUT2D eigenvalue weighted by Gasteiger charge is 2.12. The van der Waals surface area contributed by atoms with Gasteiger partial charge in [-0.25, -0.2) is 17.5 Å². The van der Waals surface area contributed by atoms with Gasteiger partial charge in [-0.15, -0.1) is 24.0 Å². The van der Waals surface area contributed by atoms with E-state index in [0.29, 0.717) is 18.1 Å². The van der Waals surface area contributed by atoms with Crippen molar-refractivity contribution in [3.05, 3.63) is 65.0 Å². The number of aryl methyl sites for hydroxylation is 1. The molecule has 0 aromatic heterocycles. The fourth-order valence-corrected chi connectivity index (χ4v) is 3.18. The number of nitrogens with zero attached hydrogens (tertiary/aromatic N) is 1. The minimum atomic E-state index is -3.44. The summed E-state index contributed by atoms with van der Waals surface area (Å²) in [5, 5.41) is 6.38. The summed E-state index contributed by atoms with van der Waals surface area (Å²) in [7, 11) is -0.412. The Morgan fingerprint density at radius 3 is 2.36 bits per heavy atom. The lowest BCUT2D eigenvalue weighted by molar-refractivity contribution is 0.588. The van der Waals surface area contributed by atoms with E-state index in [2.05, 4.69) is 20.3 Å². The SMILES string of the molecule is CN=C(NCc1ccc(S(=O)(=O)NC)cc1)NC(C)c1ccc(C)c(F)c1.I. The van der Waals surface area contributed by atoms with Crippen molar-refractivity contribution in [1.29, 1.82) is 0 Å². The van der Waals surface area contributed by atoms with Crippen LogP contribution in [0.5, 0.6) is 0 Å². The van der Waals surface area contributed by atoms with E-state index in [1.54, 1.807) is 44.3 Å². The van der Waals surface area contributed by atoms with Gasteiger partial charge < -0.3 is 10.6 Å². The summed E-state index contributed by atoms with van der Waals surface area (Å²) < 4.78 is 39.5. The van der Waals surface area contributed by atoms with Crippen molar-refractivity contribution in [2.75, 3.05) is 14.1 Å². The van der Waals surface area contributed by atoms with Gasteiger partial charge in [0.15, 0.2) is 5.96 Å². The van der Waals surface area contributed by atoms with Gasteiger partial charge in [0.1, 0.15) is 5.82 Å². The van der Waals surface area contributed by atoms with Gasteiger partial charge in [0, 0.05) is 13.6 Å². The lowest BCUT2D eigenvalue weighted by Crippen LogP contribution is -2.38. The molecule has 6 nitrogen and oxygen atoms in total. The van der Waals surface area contributed by atoms with Gasteiger partial charge in [-0.2, -0.15) is 0 Å². The zero-order valence-corrected chi connectivity index (χ0v) is 19.4. The molecule has 1 unspecified atom stereocenters. The van der Waals surface area contributed by atoms with Crippen molar-refractivity contribution in [3.8, 4) is 0 Å². The molecule has 28 heavy (non-hydrogen) atoms. The predicted molar refractivity (Wildman–Crippen MR) is 121 cm³/mol. The van der Waals surface area contributed by atoms with Crippen LogP contribution < -0.4 is 15.4 Å². The molecule has 154 valence electrons. The second-order valence-electron chi connectivity index (χ2n) is 6.15. The second kappa shape index (κ2) is 10.7. The maximum atomic E-state index is 13.7. The van der Waals surface area contributed by atoms with Crippen molar-refractivity contribution >= 4 is 40.0 Å². The Kier molecular flexibility index (Phi) is 9.31. The number of hydrogen-bond donors (Lipinski definition) is 3. The van der Waals surface area contributed by atoms with Crippen LogP contribution in [-0.4, -0.2) is 28.5 Å². The molecule has 9 heteroatoms. The molecule has 2 aromatic carbocycles. The van der Waals surface area contributed by atoms with Crippen LogP contribution in [0, 0.1) is 12.7 Å². The fourth-order valence-electron chi connectivity index (χ4n) is 2.45. The Balaban J connectivity index is 0.00000392. The molecule has 0 bridgehead atoms. The molecule has 0 heterocycles. The van der Waals surface area contributed by atoms with Crippen molar-refractivity contribution in [1.82, 2.24) is 15.4 Å². The first kappa shape index (κ1) is 24.3. The fraction of sp³-hybridized carbons (Fsp3) is 0.316. The minimum Gasteiger partial charge on any atom is -0.352 e. The number of sulfonamides is 1. The summed E-state index contributed by atoms with van der Waals surface area (Å²) in [6.07, 6.45) is 0. The van der Waals surface area contributed by atoms with Crippen LogP contribution in [0.25, 0.3) is 0 Å². The standard InChI is InChI=1S/C19H25FN4O2S.HI/c1-13-5-8-16(11-18(13)20)14(2)24-19(21-3)23-12-15-6-9-17(10-7-15)27(25,26)22-4;/h5-11,14,22H,12H2,1-4H3,(H2,21,23,24);1H.